The van der Waals surface area contributed by atoms with Gasteiger partial charge in [-0.05, 0) is 13.3 Å². The van der Waals surface area contributed by atoms with E-state index >= 15 is 0 Å². The third kappa shape index (κ3) is 4.33. The Labute approximate surface area is 115 Å². The molecular formula is C12H16ClFN2O3. The molecule has 1 atom stereocenters. The monoisotopic (exact) mass is 290 g/mol. The van der Waals surface area contributed by atoms with E-state index in [1.165, 1.54) is 0 Å². The average molecular weight is 291 g/mol. The number of rotatable bonds is 6. The van der Waals surface area contributed by atoms with Crippen molar-refractivity contribution < 1.29 is 14.4 Å². The third-order valence-corrected chi connectivity index (χ3v) is 2.97. The van der Waals surface area contributed by atoms with Crippen molar-refractivity contribution in [2.24, 2.45) is 0 Å². The standard InChI is InChI=1S/C12H16ClFN2O3/c1-3-4-12(2,17)7-15-10-6-9(14)8(13)5-11(10)16(18)19/h5-6,15,17H,3-4,7H2,1-2H3. The second-order valence-corrected chi connectivity index (χ2v) is 5.05. The van der Waals surface area contributed by atoms with Gasteiger partial charge < -0.3 is 10.4 Å². The fourth-order valence-corrected chi connectivity index (χ4v) is 1.90. The first kappa shape index (κ1) is 15.7. The molecule has 0 fully saturated rings. The molecule has 5 nitrogen and oxygen atoms in total. The van der Waals surface area contributed by atoms with Crippen LogP contribution in [0.25, 0.3) is 0 Å². The summed E-state index contributed by atoms with van der Waals surface area (Å²) in [4.78, 5) is 10.2. The van der Waals surface area contributed by atoms with Crippen LogP contribution < -0.4 is 5.32 Å². The van der Waals surface area contributed by atoms with E-state index in [-0.39, 0.29) is 22.9 Å². The molecule has 106 valence electrons. The summed E-state index contributed by atoms with van der Waals surface area (Å²) in [5, 5.41) is 23.2. The Morgan fingerprint density at radius 3 is 2.74 bits per heavy atom. The Hall–Kier alpha value is -1.40. The lowest BCUT2D eigenvalue weighted by atomic mass is 10.0. The lowest BCUT2D eigenvalue weighted by Gasteiger charge is -2.23. The maximum atomic E-state index is 13.3. The molecule has 0 saturated heterocycles. The van der Waals surface area contributed by atoms with E-state index in [9.17, 15) is 19.6 Å². The summed E-state index contributed by atoms with van der Waals surface area (Å²) < 4.78 is 13.3. The van der Waals surface area contributed by atoms with Gasteiger partial charge in [0.2, 0.25) is 0 Å². The zero-order valence-electron chi connectivity index (χ0n) is 10.7. The van der Waals surface area contributed by atoms with Gasteiger partial charge in [0.05, 0.1) is 15.5 Å². The molecule has 0 heterocycles. The zero-order valence-corrected chi connectivity index (χ0v) is 11.5. The number of nitrogens with one attached hydrogen (secondary N) is 1. The minimum atomic E-state index is -1.02. The first-order chi connectivity index (χ1) is 8.76. The van der Waals surface area contributed by atoms with Crippen molar-refractivity contribution in [2.75, 3.05) is 11.9 Å². The second kappa shape index (κ2) is 6.16. The number of benzene rings is 1. The molecule has 0 aliphatic rings. The summed E-state index contributed by atoms with van der Waals surface area (Å²) in [6.45, 7) is 3.61. The molecule has 0 bridgehead atoms. The van der Waals surface area contributed by atoms with Crippen molar-refractivity contribution in [1.29, 1.82) is 0 Å². The largest absolute Gasteiger partial charge is 0.388 e. The molecular weight excluding hydrogens is 275 g/mol. The maximum Gasteiger partial charge on any atom is 0.294 e. The van der Waals surface area contributed by atoms with Gasteiger partial charge in [0, 0.05) is 18.7 Å². The van der Waals surface area contributed by atoms with Crippen molar-refractivity contribution in [3.8, 4) is 0 Å². The van der Waals surface area contributed by atoms with Gasteiger partial charge in [-0.1, -0.05) is 24.9 Å². The van der Waals surface area contributed by atoms with Gasteiger partial charge in [-0.15, -0.1) is 0 Å². The number of nitrogens with zero attached hydrogens (tertiary/aromatic N) is 1. The summed E-state index contributed by atoms with van der Waals surface area (Å²) in [6.07, 6.45) is 1.30. The number of halogens is 2. The predicted molar refractivity (Wildman–Crippen MR) is 72.1 cm³/mol. The van der Waals surface area contributed by atoms with Crippen LogP contribution in [0.4, 0.5) is 15.8 Å². The predicted octanol–water partition coefficient (Wildman–Crippen LogP) is 3.35. The molecule has 1 aromatic rings. The fraction of sp³-hybridized carbons (Fsp3) is 0.500. The van der Waals surface area contributed by atoms with E-state index in [0.29, 0.717) is 6.42 Å². The van der Waals surface area contributed by atoms with Crippen LogP contribution in [-0.4, -0.2) is 22.2 Å². The Kier molecular flexibility index (Phi) is 5.08. The minimum Gasteiger partial charge on any atom is -0.388 e. The Morgan fingerprint density at radius 2 is 2.21 bits per heavy atom. The average Bonchev–Trinajstić information content (AvgIpc) is 2.30. The molecule has 0 aromatic heterocycles. The van der Waals surface area contributed by atoms with Crippen molar-refractivity contribution >= 4 is 23.0 Å². The molecule has 0 amide bonds. The van der Waals surface area contributed by atoms with E-state index < -0.39 is 16.3 Å². The molecule has 0 aliphatic carbocycles. The quantitative estimate of drug-likeness (QED) is 0.622. The summed E-state index contributed by atoms with van der Waals surface area (Å²) >= 11 is 5.51. The van der Waals surface area contributed by atoms with Crippen LogP contribution in [0.2, 0.25) is 5.02 Å². The topological polar surface area (TPSA) is 75.4 Å². The lowest BCUT2D eigenvalue weighted by molar-refractivity contribution is -0.384. The van der Waals surface area contributed by atoms with Crippen LogP contribution in [0.3, 0.4) is 0 Å². The fourth-order valence-electron chi connectivity index (χ4n) is 1.74. The Bertz CT molecular complexity index is 480. The number of hydrogen-bond donors (Lipinski definition) is 2. The highest BCUT2D eigenvalue weighted by Crippen LogP contribution is 2.30. The van der Waals surface area contributed by atoms with Gasteiger partial charge in [-0.25, -0.2) is 4.39 Å². The number of hydrogen-bond acceptors (Lipinski definition) is 4. The summed E-state index contributed by atoms with van der Waals surface area (Å²) in [5.41, 5.74) is -1.33. The minimum absolute atomic E-state index is 0.00304. The molecule has 0 aliphatic heterocycles. The van der Waals surface area contributed by atoms with Crippen LogP contribution >= 0.6 is 11.6 Å². The van der Waals surface area contributed by atoms with Crippen LogP contribution in [0.15, 0.2) is 12.1 Å². The number of nitro groups is 1. The number of aliphatic hydroxyl groups is 1. The summed E-state index contributed by atoms with van der Waals surface area (Å²) in [7, 11) is 0. The molecule has 0 radical (unpaired) electrons. The molecule has 1 unspecified atom stereocenters. The van der Waals surface area contributed by atoms with E-state index in [1.807, 2.05) is 6.92 Å². The molecule has 7 heteroatoms. The maximum absolute atomic E-state index is 13.3. The SMILES string of the molecule is CCCC(C)(O)CNc1cc(F)c(Cl)cc1[N+](=O)[O-]. The number of anilines is 1. The van der Waals surface area contributed by atoms with Gasteiger partial charge in [0.25, 0.3) is 5.69 Å². The van der Waals surface area contributed by atoms with Crippen LogP contribution in [0.5, 0.6) is 0 Å². The van der Waals surface area contributed by atoms with Gasteiger partial charge in [0.15, 0.2) is 0 Å². The zero-order chi connectivity index (χ0) is 14.6. The van der Waals surface area contributed by atoms with Gasteiger partial charge >= 0.3 is 0 Å². The number of nitro benzene ring substituents is 1. The Balaban J connectivity index is 2.94. The highest BCUT2D eigenvalue weighted by molar-refractivity contribution is 6.31. The van der Waals surface area contributed by atoms with E-state index in [0.717, 1.165) is 18.6 Å². The summed E-state index contributed by atoms with van der Waals surface area (Å²) in [5.74, 6) is -0.745. The highest BCUT2D eigenvalue weighted by Gasteiger charge is 2.22. The van der Waals surface area contributed by atoms with E-state index in [2.05, 4.69) is 5.32 Å². The van der Waals surface area contributed by atoms with E-state index in [1.54, 1.807) is 6.92 Å². The Morgan fingerprint density at radius 1 is 1.58 bits per heavy atom. The van der Waals surface area contributed by atoms with Crippen molar-refractivity contribution in [3.05, 3.63) is 33.1 Å². The van der Waals surface area contributed by atoms with Crippen LogP contribution in [-0.2, 0) is 0 Å². The molecule has 0 saturated carbocycles. The summed E-state index contributed by atoms with van der Waals surface area (Å²) in [6, 6.07) is 1.91. The van der Waals surface area contributed by atoms with Crippen molar-refractivity contribution in [2.45, 2.75) is 32.3 Å². The van der Waals surface area contributed by atoms with Crippen LogP contribution in [0.1, 0.15) is 26.7 Å². The first-order valence-corrected chi connectivity index (χ1v) is 6.24. The van der Waals surface area contributed by atoms with E-state index in [4.69, 9.17) is 11.6 Å². The van der Waals surface area contributed by atoms with Crippen LogP contribution in [0, 0.1) is 15.9 Å². The van der Waals surface area contributed by atoms with Crippen molar-refractivity contribution in [1.82, 2.24) is 0 Å². The third-order valence-electron chi connectivity index (χ3n) is 2.68. The molecule has 1 rings (SSSR count). The molecule has 19 heavy (non-hydrogen) atoms. The lowest BCUT2D eigenvalue weighted by Crippen LogP contribution is -2.33. The first-order valence-electron chi connectivity index (χ1n) is 5.86. The highest BCUT2D eigenvalue weighted by atomic mass is 35.5. The molecule has 0 spiro atoms. The van der Waals surface area contributed by atoms with Gasteiger partial charge in [0.1, 0.15) is 11.5 Å². The van der Waals surface area contributed by atoms with Gasteiger partial charge in [-0.2, -0.15) is 0 Å². The second-order valence-electron chi connectivity index (χ2n) is 4.64. The normalized spacial score (nSPS) is 13.9. The smallest absolute Gasteiger partial charge is 0.294 e. The molecule has 2 N–H and O–H groups in total. The molecule has 1 aromatic carbocycles. The van der Waals surface area contributed by atoms with Crippen molar-refractivity contribution in [3.63, 3.8) is 0 Å². The van der Waals surface area contributed by atoms with Gasteiger partial charge in [-0.3, -0.25) is 10.1 Å².